The summed E-state index contributed by atoms with van der Waals surface area (Å²) in [5, 5.41) is 0. The molecule has 0 spiro atoms. The molecule has 0 saturated carbocycles. The molecule has 2 fully saturated rings. The Kier molecular flexibility index (Phi) is 3.50. The first-order chi connectivity index (χ1) is 9.60. The molecule has 2 aliphatic heterocycles. The van der Waals surface area contributed by atoms with Crippen LogP contribution in [-0.4, -0.2) is 36.9 Å². The minimum atomic E-state index is -0.464. The minimum Gasteiger partial charge on any atom is -0.494 e. The summed E-state index contributed by atoms with van der Waals surface area (Å²) in [4.78, 5) is 15.0. The first-order valence-electron chi connectivity index (χ1n) is 7.20. The van der Waals surface area contributed by atoms with E-state index >= 15 is 0 Å². The van der Waals surface area contributed by atoms with Gasteiger partial charge in [-0.25, -0.2) is 4.39 Å². The zero-order chi connectivity index (χ0) is 14.3. The third-order valence-corrected chi connectivity index (χ3v) is 4.91. The van der Waals surface area contributed by atoms with E-state index in [2.05, 4.69) is 11.9 Å². The number of benzene rings is 1. The highest BCUT2D eigenvalue weighted by molar-refractivity contribution is 5.98. The molecule has 2 atom stereocenters. The molecule has 1 aromatic carbocycles. The van der Waals surface area contributed by atoms with Crippen LogP contribution in [0.2, 0.25) is 0 Å². The second kappa shape index (κ2) is 5.17. The lowest BCUT2D eigenvalue weighted by molar-refractivity contribution is 0.0766. The molecular weight excluding hydrogens is 257 g/mol. The van der Waals surface area contributed by atoms with E-state index in [1.807, 2.05) is 0 Å². The zero-order valence-electron chi connectivity index (χ0n) is 11.9. The van der Waals surface area contributed by atoms with E-state index in [0.29, 0.717) is 17.6 Å². The maximum Gasteiger partial charge on any atom is 0.166 e. The highest BCUT2D eigenvalue weighted by Gasteiger charge is 2.40. The SMILES string of the molecule is COc1ccc(C(=O)C2CC3CCC(C2)N3C)cc1F. The molecule has 108 valence electrons. The van der Waals surface area contributed by atoms with Crippen LogP contribution in [0.3, 0.4) is 0 Å². The van der Waals surface area contributed by atoms with Gasteiger partial charge < -0.3 is 9.64 Å². The van der Waals surface area contributed by atoms with E-state index < -0.39 is 5.82 Å². The summed E-state index contributed by atoms with van der Waals surface area (Å²) in [5.74, 6) is -0.160. The van der Waals surface area contributed by atoms with Crippen molar-refractivity contribution in [1.82, 2.24) is 4.90 Å². The van der Waals surface area contributed by atoms with Crippen LogP contribution in [-0.2, 0) is 0 Å². The summed E-state index contributed by atoms with van der Waals surface area (Å²) in [6, 6.07) is 5.55. The van der Waals surface area contributed by atoms with Crippen LogP contribution >= 0.6 is 0 Å². The third-order valence-electron chi connectivity index (χ3n) is 4.91. The first-order valence-corrected chi connectivity index (χ1v) is 7.20. The van der Waals surface area contributed by atoms with Crippen molar-refractivity contribution in [3.63, 3.8) is 0 Å². The highest BCUT2D eigenvalue weighted by atomic mass is 19.1. The number of methoxy groups -OCH3 is 1. The largest absolute Gasteiger partial charge is 0.494 e. The number of Topliss-reactive ketones (excluding diaryl/α,β-unsaturated/α-hetero) is 1. The quantitative estimate of drug-likeness (QED) is 0.796. The summed E-state index contributed by atoms with van der Waals surface area (Å²) in [6.45, 7) is 0. The van der Waals surface area contributed by atoms with Crippen molar-refractivity contribution < 1.29 is 13.9 Å². The molecule has 1 aromatic rings. The number of hydrogen-bond acceptors (Lipinski definition) is 3. The molecule has 3 nitrogen and oxygen atoms in total. The maximum atomic E-state index is 13.7. The number of ketones is 1. The molecule has 20 heavy (non-hydrogen) atoms. The van der Waals surface area contributed by atoms with Gasteiger partial charge in [0.05, 0.1) is 7.11 Å². The van der Waals surface area contributed by atoms with E-state index in [9.17, 15) is 9.18 Å². The van der Waals surface area contributed by atoms with Gasteiger partial charge in [0.15, 0.2) is 17.3 Å². The van der Waals surface area contributed by atoms with Crippen molar-refractivity contribution >= 4 is 5.78 Å². The fourth-order valence-corrected chi connectivity index (χ4v) is 3.68. The summed E-state index contributed by atoms with van der Waals surface area (Å²) in [6.07, 6.45) is 4.17. The number of halogens is 1. The Hall–Kier alpha value is -1.42. The van der Waals surface area contributed by atoms with Crippen molar-refractivity contribution in [3.8, 4) is 5.75 Å². The van der Waals surface area contributed by atoms with E-state index in [1.54, 1.807) is 6.07 Å². The average Bonchev–Trinajstić information content (AvgIpc) is 2.67. The molecule has 0 radical (unpaired) electrons. The summed E-state index contributed by atoms with van der Waals surface area (Å²) >= 11 is 0. The Bertz CT molecular complexity index is 517. The van der Waals surface area contributed by atoms with E-state index in [-0.39, 0.29) is 17.5 Å². The minimum absolute atomic E-state index is 0.0384. The topological polar surface area (TPSA) is 29.5 Å². The molecular formula is C16H20FNO2. The van der Waals surface area contributed by atoms with Crippen LogP contribution in [0.25, 0.3) is 0 Å². The lowest BCUT2D eigenvalue weighted by atomic mass is 9.85. The summed E-state index contributed by atoms with van der Waals surface area (Å²) < 4.78 is 18.6. The molecule has 4 heteroatoms. The maximum absolute atomic E-state index is 13.7. The van der Waals surface area contributed by atoms with Crippen LogP contribution in [0.15, 0.2) is 18.2 Å². The van der Waals surface area contributed by atoms with Gasteiger partial charge in [0.1, 0.15) is 0 Å². The predicted octanol–water partition coefficient (Wildman–Crippen LogP) is 2.89. The van der Waals surface area contributed by atoms with Gasteiger partial charge in [-0.3, -0.25) is 4.79 Å². The number of nitrogens with zero attached hydrogens (tertiary/aromatic N) is 1. The first kappa shape index (κ1) is 13.6. The molecule has 2 aliphatic rings. The lowest BCUT2D eigenvalue weighted by Gasteiger charge is -2.35. The fraction of sp³-hybridized carbons (Fsp3) is 0.562. The van der Waals surface area contributed by atoms with Crippen LogP contribution in [0.5, 0.6) is 5.75 Å². The summed E-state index contributed by atoms with van der Waals surface area (Å²) in [7, 11) is 3.57. The second-order valence-electron chi connectivity index (χ2n) is 5.93. The van der Waals surface area contributed by atoms with Crippen molar-refractivity contribution in [2.24, 2.45) is 5.92 Å². The van der Waals surface area contributed by atoms with Gasteiger partial charge in [-0.15, -0.1) is 0 Å². The van der Waals surface area contributed by atoms with Gasteiger partial charge in [0.2, 0.25) is 0 Å². The molecule has 2 saturated heterocycles. The van der Waals surface area contributed by atoms with Crippen LogP contribution < -0.4 is 4.74 Å². The van der Waals surface area contributed by atoms with Gasteiger partial charge in [-0.1, -0.05) is 0 Å². The molecule has 0 aromatic heterocycles. The predicted molar refractivity (Wildman–Crippen MR) is 74.6 cm³/mol. The zero-order valence-corrected chi connectivity index (χ0v) is 11.9. The summed E-state index contributed by atoms with van der Waals surface area (Å²) in [5.41, 5.74) is 0.470. The normalized spacial score (nSPS) is 29.4. The Morgan fingerprint density at radius 3 is 2.50 bits per heavy atom. The number of ether oxygens (including phenoxy) is 1. The van der Waals surface area contributed by atoms with Crippen molar-refractivity contribution in [1.29, 1.82) is 0 Å². The average molecular weight is 277 g/mol. The third kappa shape index (κ3) is 2.22. The molecule has 0 N–H and O–H groups in total. The van der Waals surface area contributed by atoms with E-state index in [0.717, 1.165) is 12.8 Å². The van der Waals surface area contributed by atoms with E-state index in [1.165, 1.54) is 32.1 Å². The number of piperidine rings is 1. The van der Waals surface area contributed by atoms with E-state index in [4.69, 9.17) is 4.74 Å². The Morgan fingerprint density at radius 1 is 1.30 bits per heavy atom. The lowest BCUT2D eigenvalue weighted by Crippen LogP contribution is -2.42. The smallest absolute Gasteiger partial charge is 0.166 e. The molecule has 0 amide bonds. The molecule has 0 aliphatic carbocycles. The second-order valence-corrected chi connectivity index (χ2v) is 5.93. The number of carbonyl (C=O) groups excluding carboxylic acids is 1. The number of fused-ring (bicyclic) bond motifs is 2. The number of carbonyl (C=O) groups is 1. The van der Waals surface area contributed by atoms with Crippen molar-refractivity contribution in [2.45, 2.75) is 37.8 Å². The molecule has 2 unspecified atom stereocenters. The van der Waals surface area contributed by atoms with Crippen molar-refractivity contribution in [3.05, 3.63) is 29.6 Å². The Balaban J connectivity index is 1.78. The molecule has 2 bridgehead atoms. The Morgan fingerprint density at radius 2 is 1.95 bits per heavy atom. The van der Waals surface area contributed by atoms with Gasteiger partial charge in [-0.2, -0.15) is 0 Å². The molecule has 3 rings (SSSR count). The fourth-order valence-electron chi connectivity index (χ4n) is 3.68. The highest BCUT2D eigenvalue weighted by Crippen LogP contribution is 2.38. The van der Waals surface area contributed by atoms with Gasteiger partial charge in [-0.05, 0) is 50.9 Å². The molecule has 2 heterocycles. The van der Waals surface area contributed by atoms with Crippen LogP contribution in [0.4, 0.5) is 4.39 Å². The van der Waals surface area contributed by atoms with Gasteiger partial charge >= 0.3 is 0 Å². The Labute approximate surface area is 118 Å². The van der Waals surface area contributed by atoms with Gasteiger partial charge in [0, 0.05) is 23.6 Å². The number of rotatable bonds is 3. The van der Waals surface area contributed by atoms with Crippen molar-refractivity contribution in [2.75, 3.05) is 14.2 Å². The van der Waals surface area contributed by atoms with Gasteiger partial charge in [0.25, 0.3) is 0 Å². The standard InChI is InChI=1S/C16H20FNO2/c1-18-12-4-5-13(18)8-11(7-12)16(19)10-3-6-15(20-2)14(17)9-10/h3,6,9,11-13H,4-5,7-8H2,1-2H3. The van der Waals surface area contributed by atoms with Crippen LogP contribution in [0, 0.1) is 11.7 Å². The van der Waals surface area contributed by atoms with Crippen LogP contribution in [0.1, 0.15) is 36.0 Å². The number of hydrogen-bond donors (Lipinski definition) is 0. The monoisotopic (exact) mass is 277 g/mol.